The maximum atomic E-state index is 13.0. The van der Waals surface area contributed by atoms with Crippen LogP contribution in [0, 0.1) is 6.92 Å². The van der Waals surface area contributed by atoms with Crippen molar-refractivity contribution in [3.05, 3.63) is 17.0 Å². The summed E-state index contributed by atoms with van der Waals surface area (Å²) < 4.78 is 5.35. The minimum atomic E-state index is -0.594. The molecule has 0 spiro atoms. The molecule has 7 heteroatoms. The number of likely N-dealkylation sites (tertiary alicyclic amines) is 1. The molecule has 0 radical (unpaired) electrons. The number of ether oxygens (including phenoxy) is 1. The van der Waals surface area contributed by atoms with Crippen LogP contribution in [0.3, 0.4) is 0 Å². The molecule has 1 aromatic heterocycles. The molecular weight excluding hydrogens is 296 g/mol. The van der Waals surface area contributed by atoms with Crippen LogP contribution in [0.5, 0.6) is 0 Å². The van der Waals surface area contributed by atoms with E-state index in [9.17, 15) is 9.59 Å². The quantitative estimate of drug-likeness (QED) is 0.819. The van der Waals surface area contributed by atoms with Crippen LogP contribution in [0.4, 0.5) is 0 Å². The highest BCUT2D eigenvalue weighted by Gasteiger charge is 2.46. The molecule has 0 aliphatic carbocycles. The first-order valence-corrected chi connectivity index (χ1v) is 8.04. The molecule has 2 rings (SSSR count). The lowest BCUT2D eigenvalue weighted by Gasteiger charge is -2.37. The fourth-order valence-corrected chi connectivity index (χ4v) is 3.41. The van der Waals surface area contributed by atoms with E-state index in [0.29, 0.717) is 18.8 Å². The Kier molecular flexibility index (Phi) is 5.41. The second-order valence-electron chi connectivity index (χ2n) is 6.10. The van der Waals surface area contributed by atoms with Crippen LogP contribution in [0.2, 0.25) is 0 Å². The zero-order chi connectivity index (χ0) is 17.0. The fourth-order valence-electron chi connectivity index (χ4n) is 3.41. The second kappa shape index (κ2) is 7.12. The van der Waals surface area contributed by atoms with Crippen LogP contribution >= 0.6 is 0 Å². The molecule has 0 bridgehead atoms. The molecule has 1 aliphatic rings. The summed E-state index contributed by atoms with van der Waals surface area (Å²) in [6.45, 7) is 4.89. The number of nitrogens with zero attached hydrogens (tertiary/aromatic N) is 2. The highest BCUT2D eigenvalue weighted by atomic mass is 16.5. The van der Waals surface area contributed by atoms with Gasteiger partial charge in [0.25, 0.3) is 5.91 Å². The maximum Gasteiger partial charge on any atom is 0.275 e. The van der Waals surface area contributed by atoms with E-state index in [1.54, 1.807) is 19.1 Å². The Morgan fingerprint density at radius 3 is 2.78 bits per heavy atom. The summed E-state index contributed by atoms with van der Waals surface area (Å²) in [6.07, 6.45) is 2.65. The number of methoxy groups -OCH3 is 1. The third-order valence-electron chi connectivity index (χ3n) is 4.69. The molecule has 23 heavy (non-hydrogen) atoms. The van der Waals surface area contributed by atoms with Crippen molar-refractivity contribution in [2.75, 3.05) is 27.3 Å². The summed E-state index contributed by atoms with van der Waals surface area (Å²) in [7, 11) is 3.21. The second-order valence-corrected chi connectivity index (χ2v) is 6.10. The number of nitrogens with one attached hydrogen (secondary N) is 2. The minimum Gasteiger partial charge on any atom is -0.382 e. The smallest absolute Gasteiger partial charge is 0.275 e. The van der Waals surface area contributed by atoms with Gasteiger partial charge in [-0.3, -0.25) is 14.7 Å². The van der Waals surface area contributed by atoms with Crippen molar-refractivity contribution in [1.82, 2.24) is 20.4 Å². The average Bonchev–Trinajstić information content (AvgIpc) is 3.10. The van der Waals surface area contributed by atoms with E-state index in [0.717, 1.165) is 30.5 Å². The molecule has 2 amide bonds. The lowest BCUT2D eigenvalue weighted by molar-refractivity contribution is -0.123. The lowest BCUT2D eigenvalue weighted by atomic mass is 9.91. The number of rotatable bonds is 6. The van der Waals surface area contributed by atoms with Gasteiger partial charge in [0, 0.05) is 32.0 Å². The summed E-state index contributed by atoms with van der Waals surface area (Å²) in [5, 5.41) is 9.77. The molecule has 2 heterocycles. The van der Waals surface area contributed by atoms with Gasteiger partial charge in [-0.1, -0.05) is 6.92 Å². The Morgan fingerprint density at radius 2 is 2.22 bits per heavy atom. The van der Waals surface area contributed by atoms with Crippen molar-refractivity contribution >= 4 is 11.8 Å². The molecule has 7 nitrogen and oxygen atoms in total. The Bertz CT molecular complexity index is 584. The standard InChI is InChI=1S/C16H26N4O3/c1-5-12-11(2)14(19-18-12)15(22)20-8-6-7-16(20,10-23-4)9-13(21)17-3/h5-10H2,1-4H3,(H,17,21)(H,18,19)/t16-/m1/s1. The number of aryl methyl sites for hydroxylation is 1. The number of H-pyrrole nitrogens is 1. The molecule has 1 aromatic rings. The lowest BCUT2D eigenvalue weighted by Crippen LogP contribution is -2.53. The molecule has 1 aliphatic heterocycles. The van der Waals surface area contributed by atoms with Gasteiger partial charge in [0.15, 0.2) is 5.69 Å². The van der Waals surface area contributed by atoms with E-state index in [1.807, 2.05) is 13.8 Å². The van der Waals surface area contributed by atoms with Crippen molar-refractivity contribution in [3.63, 3.8) is 0 Å². The minimum absolute atomic E-state index is 0.0882. The van der Waals surface area contributed by atoms with Crippen LogP contribution in [0.15, 0.2) is 0 Å². The predicted molar refractivity (Wildman–Crippen MR) is 86.3 cm³/mol. The van der Waals surface area contributed by atoms with Gasteiger partial charge in [-0.25, -0.2) is 0 Å². The molecule has 0 aromatic carbocycles. The van der Waals surface area contributed by atoms with Gasteiger partial charge in [-0.15, -0.1) is 0 Å². The van der Waals surface area contributed by atoms with Crippen LogP contribution in [0.1, 0.15) is 47.9 Å². The summed E-state index contributed by atoms with van der Waals surface area (Å²) in [5.74, 6) is -0.216. The first-order chi connectivity index (χ1) is 11.0. The number of carbonyl (C=O) groups is 2. The SMILES string of the molecule is CCc1[nH]nc(C(=O)N2CCC[C@]2(COC)CC(=O)NC)c1C. The normalized spacial score (nSPS) is 20.8. The largest absolute Gasteiger partial charge is 0.382 e. The Morgan fingerprint density at radius 1 is 1.48 bits per heavy atom. The number of hydrogen-bond donors (Lipinski definition) is 2. The Labute approximate surface area is 136 Å². The monoisotopic (exact) mass is 322 g/mol. The van der Waals surface area contributed by atoms with Gasteiger partial charge >= 0.3 is 0 Å². The van der Waals surface area contributed by atoms with Gasteiger partial charge in [0.2, 0.25) is 5.91 Å². The van der Waals surface area contributed by atoms with Crippen LogP contribution < -0.4 is 5.32 Å². The Hall–Kier alpha value is -1.89. The van der Waals surface area contributed by atoms with Crippen molar-refractivity contribution in [3.8, 4) is 0 Å². The molecule has 128 valence electrons. The third kappa shape index (κ3) is 3.24. The molecule has 1 atom stereocenters. The van der Waals surface area contributed by atoms with Crippen molar-refractivity contribution in [2.45, 2.75) is 45.1 Å². The number of aromatic amines is 1. The van der Waals surface area contributed by atoms with Crippen molar-refractivity contribution in [1.29, 1.82) is 0 Å². The highest BCUT2D eigenvalue weighted by molar-refractivity contribution is 5.95. The predicted octanol–water partition coefficient (Wildman–Crippen LogP) is 1.04. The van der Waals surface area contributed by atoms with Crippen LogP contribution in [0.25, 0.3) is 0 Å². The molecule has 1 saturated heterocycles. The zero-order valence-electron chi connectivity index (χ0n) is 14.4. The maximum absolute atomic E-state index is 13.0. The fraction of sp³-hybridized carbons (Fsp3) is 0.688. The summed E-state index contributed by atoms with van der Waals surface area (Å²) in [6, 6.07) is 0. The van der Waals surface area contributed by atoms with Crippen molar-refractivity contribution in [2.24, 2.45) is 0 Å². The first-order valence-electron chi connectivity index (χ1n) is 8.04. The zero-order valence-corrected chi connectivity index (χ0v) is 14.4. The summed E-state index contributed by atoms with van der Waals surface area (Å²) in [5.41, 5.74) is 1.71. The van der Waals surface area contributed by atoms with E-state index >= 15 is 0 Å². The highest BCUT2D eigenvalue weighted by Crippen LogP contribution is 2.34. The number of aromatic nitrogens is 2. The van der Waals surface area contributed by atoms with E-state index in [1.165, 1.54) is 0 Å². The van der Waals surface area contributed by atoms with Gasteiger partial charge in [-0.2, -0.15) is 5.10 Å². The summed E-state index contributed by atoms with van der Waals surface area (Å²) in [4.78, 5) is 26.7. The van der Waals surface area contributed by atoms with E-state index in [2.05, 4.69) is 15.5 Å². The van der Waals surface area contributed by atoms with E-state index in [4.69, 9.17) is 4.74 Å². The van der Waals surface area contributed by atoms with Crippen LogP contribution in [-0.4, -0.2) is 59.8 Å². The number of hydrogen-bond acceptors (Lipinski definition) is 4. The van der Waals surface area contributed by atoms with Crippen molar-refractivity contribution < 1.29 is 14.3 Å². The van der Waals surface area contributed by atoms with Crippen LogP contribution in [-0.2, 0) is 16.0 Å². The molecule has 2 N–H and O–H groups in total. The molecule has 1 fully saturated rings. The van der Waals surface area contributed by atoms with Gasteiger partial charge in [-0.05, 0) is 26.2 Å². The third-order valence-corrected chi connectivity index (χ3v) is 4.69. The van der Waals surface area contributed by atoms with E-state index < -0.39 is 5.54 Å². The first kappa shape index (κ1) is 17.5. The van der Waals surface area contributed by atoms with E-state index in [-0.39, 0.29) is 18.2 Å². The summed E-state index contributed by atoms with van der Waals surface area (Å²) >= 11 is 0. The number of amides is 2. The molecule has 0 unspecified atom stereocenters. The Balaban J connectivity index is 2.32. The van der Waals surface area contributed by atoms with Gasteiger partial charge in [0.05, 0.1) is 18.6 Å². The molecular formula is C16H26N4O3. The number of carbonyl (C=O) groups excluding carboxylic acids is 2. The average molecular weight is 322 g/mol. The molecule has 0 saturated carbocycles. The van der Waals surface area contributed by atoms with Gasteiger partial charge in [0.1, 0.15) is 0 Å². The van der Waals surface area contributed by atoms with Gasteiger partial charge < -0.3 is 15.0 Å². The topological polar surface area (TPSA) is 87.3 Å².